The maximum Gasteiger partial charge on any atom is 0.165 e. The SMILES string of the molecule is O=C(CCCCc1ccco1)C(Cl)Cl. The lowest BCUT2D eigenvalue weighted by molar-refractivity contribution is -0.117. The molecule has 1 rings (SSSR count). The number of carbonyl (C=O) groups is 1. The predicted octanol–water partition coefficient (Wildman–Crippen LogP) is 3.37. The molecule has 1 aromatic heterocycles. The molecular weight excluding hydrogens is 223 g/mol. The lowest BCUT2D eigenvalue weighted by Crippen LogP contribution is -2.06. The van der Waals surface area contributed by atoms with Gasteiger partial charge in [-0.3, -0.25) is 4.79 Å². The van der Waals surface area contributed by atoms with Crippen molar-refractivity contribution in [2.24, 2.45) is 0 Å². The third-order valence-electron chi connectivity index (χ3n) is 1.92. The largest absolute Gasteiger partial charge is 0.469 e. The summed E-state index contributed by atoms with van der Waals surface area (Å²) in [5.41, 5.74) is 0. The van der Waals surface area contributed by atoms with Gasteiger partial charge < -0.3 is 4.42 Å². The Balaban J connectivity index is 2.08. The molecule has 0 saturated heterocycles. The van der Waals surface area contributed by atoms with Gasteiger partial charge in [0.15, 0.2) is 10.6 Å². The van der Waals surface area contributed by atoms with Crippen LogP contribution in [0.3, 0.4) is 0 Å². The molecule has 2 nitrogen and oxygen atoms in total. The maximum atomic E-state index is 11.0. The minimum absolute atomic E-state index is 0.104. The summed E-state index contributed by atoms with van der Waals surface area (Å²) >= 11 is 10.8. The van der Waals surface area contributed by atoms with Crippen LogP contribution in [-0.4, -0.2) is 10.6 Å². The van der Waals surface area contributed by atoms with Crippen LogP contribution in [0.25, 0.3) is 0 Å². The zero-order valence-corrected chi connectivity index (χ0v) is 9.22. The van der Waals surface area contributed by atoms with Gasteiger partial charge in [0.05, 0.1) is 6.26 Å². The van der Waals surface area contributed by atoms with Gasteiger partial charge in [-0.1, -0.05) is 23.2 Å². The average molecular weight is 235 g/mol. The molecule has 0 aliphatic carbocycles. The summed E-state index contributed by atoms with van der Waals surface area (Å²) in [7, 11) is 0. The van der Waals surface area contributed by atoms with E-state index >= 15 is 0 Å². The average Bonchev–Trinajstić information content (AvgIpc) is 2.64. The van der Waals surface area contributed by atoms with Crippen molar-refractivity contribution < 1.29 is 9.21 Å². The van der Waals surface area contributed by atoms with Crippen LogP contribution in [0.15, 0.2) is 22.8 Å². The van der Waals surface area contributed by atoms with Crippen molar-refractivity contribution in [3.05, 3.63) is 24.2 Å². The van der Waals surface area contributed by atoms with E-state index in [0.717, 1.165) is 25.0 Å². The molecule has 4 heteroatoms. The number of ketones is 1. The zero-order chi connectivity index (χ0) is 10.4. The molecule has 0 N–H and O–H groups in total. The third-order valence-corrected chi connectivity index (χ3v) is 2.41. The van der Waals surface area contributed by atoms with Crippen molar-refractivity contribution in [3.8, 4) is 0 Å². The molecule has 0 aromatic carbocycles. The molecule has 0 bridgehead atoms. The second kappa shape index (κ2) is 6.10. The van der Waals surface area contributed by atoms with E-state index < -0.39 is 4.84 Å². The van der Waals surface area contributed by atoms with Crippen LogP contribution < -0.4 is 0 Å². The minimum atomic E-state index is -0.876. The van der Waals surface area contributed by atoms with Crippen LogP contribution in [0.5, 0.6) is 0 Å². The summed E-state index contributed by atoms with van der Waals surface area (Å²) in [6.07, 6.45) is 4.66. The highest BCUT2D eigenvalue weighted by molar-refractivity contribution is 6.53. The van der Waals surface area contributed by atoms with E-state index in [0.29, 0.717) is 6.42 Å². The molecule has 1 aromatic rings. The Morgan fingerprint density at radius 3 is 2.79 bits per heavy atom. The van der Waals surface area contributed by atoms with Crippen LogP contribution >= 0.6 is 23.2 Å². The molecule has 0 saturated carbocycles. The monoisotopic (exact) mass is 234 g/mol. The first-order valence-corrected chi connectivity index (χ1v) is 5.40. The van der Waals surface area contributed by atoms with Crippen molar-refractivity contribution in [1.82, 2.24) is 0 Å². The van der Waals surface area contributed by atoms with Crippen LogP contribution in [-0.2, 0) is 11.2 Å². The van der Waals surface area contributed by atoms with Crippen molar-refractivity contribution in [2.75, 3.05) is 0 Å². The second-order valence-corrected chi connectivity index (χ2v) is 4.15. The second-order valence-electron chi connectivity index (χ2n) is 3.05. The van der Waals surface area contributed by atoms with Gasteiger partial charge in [0.25, 0.3) is 0 Å². The van der Waals surface area contributed by atoms with E-state index in [1.54, 1.807) is 6.26 Å². The number of hydrogen-bond donors (Lipinski definition) is 0. The molecule has 14 heavy (non-hydrogen) atoms. The summed E-state index contributed by atoms with van der Waals surface area (Å²) in [4.78, 5) is 10.1. The summed E-state index contributed by atoms with van der Waals surface area (Å²) in [6.45, 7) is 0. The first-order chi connectivity index (χ1) is 6.70. The highest BCUT2D eigenvalue weighted by Crippen LogP contribution is 2.11. The molecule has 78 valence electrons. The number of aryl methyl sites for hydroxylation is 1. The van der Waals surface area contributed by atoms with E-state index in [-0.39, 0.29) is 5.78 Å². The van der Waals surface area contributed by atoms with Crippen LogP contribution in [0.1, 0.15) is 25.0 Å². The number of unbranched alkanes of at least 4 members (excludes halogenated alkanes) is 1. The summed E-state index contributed by atoms with van der Waals surface area (Å²) < 4.78 is 5.15. The Morgan fingerprint density at radius 2 is 2.21 bits per heavy atom. The molecule has 0 unspecified atom stereocenters. The number of alkyl halides is 2. The van der Waals surface area contributed by atoms with Gasteiger partial charge in [0, 0.05) is 12.8 Å². The quantitative estimate of drug-likeness (QED) is 0.559. The molecule has 0 aliphatic rings. The van der Waals surface area contributed by atoms with Crippen LogP contribution in [0.4, 0.5) is 0 Å². The number of rotatable bonds is 6. The Hall–Kier alpha value is -0.470. The van der Waals surface area contributed by atoms with Crippen molar-refractivity contribution in [3.63, 3.8) is 0 Å². The number of hydrogen-bond acceptors (Lipinski definition) is 2. The smallest absolute Gasteiger partial charge is 0.165 e. The number of halogens is 2. The lowest BCUT2D eigenvalue weighted by Gasteiger charge is -1.99. The van der Waals surface area contributed by atoms with Gasteiger partial charge >= 0.3 is 0 Å². The van der Waals surface area contributed by atoms with E-state index in [2.05, 4.69) is 0 Å². The topological polar surface area (TPSA) is 30.2 Å². The molecule has 0 amide bonds. The van der Waals surface area contributed by atoms with Gasteiger partial charge in [-0.05, 0) is 25.0 Å². The Bertz CT molecular complexity index is 268. The van der Waals surface area contributed by atoms with Crippen LogP contribution in [0.2, 0.25) is 0 Å². The maximum absolute atomic E-state index is 11.0. The molecular formula is C10H12Cl2O2. The normalized spacial score (nSPS) is 10.8. The van der Waals surface area contributed by atoms with Gasteiger partial charge in [0.1, 0.15) is 5.76 Å². The summed E-state index contributed by atoms with van der Waals surface area (Å²) in [5.74, 6) is 0.846. The Morgan fingerprint density at radius 1 is 1.43 bits per heavy atom. The fourth-order valence-electron chi connectivity index (χ4n) is 1.16. The molecule has 0 atom stereocenters. The Kier molecular flexibility index (Phi) is 5.05. The summed E-state index contributed by atoms with van der Waals surface area (Å²) in [5, 5.41) is 0. The van der Waals surface area contributed by atoms with E-state index in [1.165, 1.54) is 0 Å². The molecule has 1 heterocycles. The number of Topliss-reactive ketones (excluding diaryl/α,β-unsaturated/α-hetero) is 1. The fraction of sp³-hybridized carbons (Fsp3) is 0.500. The lowest BCUT2D eigenvalue weighted by atomic mass is 10.1. The predicted molar refractivity (Wildman–Crippen MR) is 56.8 cm³/mol. The fourth-order valence-corrected chi connectivity index (χ4v) is 1.38. The van der Waals surface area contributed by atoms with Crippen molar-refractivity contribution >= 4 is 29.0 Å². The highest BCUT2D eigenvalue weighted by atomic mass is 35.5. The van der Waals surface area contributed by atoms with Gasteiger partial charge in [-0.2, -0.15) is 0 Å². The van der Waals surface area contributed by atoms with Crippen molar-refractivity contribution in [2.45, 2.75) is 30.5 Å². The Labute approximate surface area is 93.2 Å². The molecule has 0 spiro atoms. The van der Waals surface area contributed by atoms with Crippen molar-refractivity contribution in [1.29, 1.82) is 0 Å². The van der Waals surface area contributed by atoms with Gasteiger partial charge in [0.2, 0.25) is 0 Å². The third kappa shape index (κ3) is 4.16. The van der Waals surface area contributed by atoms with E-state index in [1.807, 2.05) is 12.1 Å². The molecule has 0 fully saturated rings. The van der Waals surface area contributed by atoms with Gasteiger partial charge in [-0.25, -0.2) is 0 Å². The summed E-state index contributed by atoms with van der Waals surface area (Å²) in [6, 6.07) is 3.78. The highest BCUT2D eigenvalue weighted by Gasteiger charge is 2.10. The standard InChI is InChI=1S/C10H12Cl2O2/c11-10(12)9(13)6-2-1-4-8-5-3-7-14-8/h3,5,7,10H,1-2,4,6H2. The van der Waals surface area contributed by atoms with Crippen LogP contribution in [0, 0.1) is 0 Å². The zero-order valence-electron chi connectivity index (χ0n) is 7.71. The molecule has 0 aliphatic heterocycles. The van der Waals surface area contributed by atoms with E-state index in [4.69, 9.17) is 27.6 Å². The first-order valence-electron chi connectivity index (χ1n) is 4.53. The minimum Gasteiger partial charge on any atom is -0.469 e. The molecule has 0 radical (unpaired) electrons. The number of carbonyl (C=O) groups excluding carboxylic acids is 1. The number of furan rings is 1. The first kappa shape index (κ1) is 11.6. The van der Waals surface area contributed by atoms with Gasteiger partial charge in [-0.15, -0.1) is 0 Å². The van der Waals surface area contributed by atoms with E-state index in [9.17, 15) is 4.79 Å².